The summed E-state index contributed by atoms with van der Waals surface area (Å²) in [5, 5.41) is 0. The molecule has 0 aliphatic heterocycles. The highest BCUT2D eigenvalue weighted by molar-refractivity contribution is 9.10. The van der Waals surface area contributed by atoms with Crippen molar-refractivity contribution < 1.29 is 0 Å². The molecule has 0 saturated carbocycles. The van der Waals surface area contributed by atoms with Crippen LogP contribution in [0.4, 0.5) is 5.69 Å². The zero-order chi connectivity index (χ0) is 13.8. The summed E-state index contributed by atoms with van der Waals surface area (Å²) in [6, 6.07) is 12.1. The molecule has 100 valence electrons. The summed E-state index contributed by atoms with van der Waals surface area (Å²) in [4.78, 5) is 6.74. The van der Waals surface area contributed by atoms with Crippen LogP contribution < -0.4 is 5.73 Å². The topological polar surface area (TPSA) is 42.1 Å². The molecule has 2 rings (SSSR count). The second kappa shape index (κ2) is 6.17. The van der Waals surface area contributed by atoms with Crippen LogP contribution in [0.3, 0.4) is 0 Å². The lowest BCUT2D eigenvalue weighted by atomic mass is 10.2. The summed E-state index contributed by atoms with van der Waals surface area (Å²) in [5.74, 6) is 0. The maximum Gasteiger partial charge on any atom is 0.0547 e. The third-order valence-electron chi connectivity index (χ3n) is 2.93. The van der Waals surface area contributed by atoms with Gasteiger partial charge in [0, 0.05) is 28.9 Å². The van der Waals surface area contributed by atoms with Crippen molar-refractivity contribution in [1.82, 2.24) is 9.88 Å². The van der Waals surface area contributed by atoms with E-state index in [1.165, 1.54) is 5.56 Å². The number of nitrogens with zero attached hydrogens (tertiary/aromatic N) is 2. The van der Waals surface area contributed by atoms with Crippen LogP contribution in [0, 0.1) is 6.92 Å². The highest BCUT2D eigenvalue weighted by Gasteiger charge is 2.07. The molecule has 0 atom stereocenters. The molecule has 0 fully saturated rings. The van der Waals surface area contributed by atoms with E-state index in [1.807, 2.05) is 31.2 Å². The van der Waals surface area contributed by atoms with Gasteiger partial charge in [-0.2, -0.15) is 0 Å². The summed E-state index contributed by atoms with van der Waals surface area (Å²) in [5.41, 5.74) is 10.00. The largest absolute Gasteiger partial charge is 0.398 e. The average Bonchev–Trinajstić information content (AvgIpc) is 2.35. The Morgan fingerprint density at radius 3 is 2.63 bits per heavy atom. The van der Waals surface area contributed by atoms with Crippen LogP contribution in [0.15, 0.2) is 40.9 Å². The highest BCUT2D eigenvalue weighted by atomic mass is 79.9. The lowest BCUT2D eigenvalue weighted by molar-refractivity contribution is 0.314. The Morgan fingerprint density at radius 1 is 1.16 bits per heavy atom. The summed E-state index contributed by atoms with van der Waals surface area (Å²) in [7, 11) is 2.08. The van der Waals surface area contributed by atoms with Crippen molar-refractivity contribution >= 4 is 21.6 Å². The molecule has 1 heterocycles. The monoisotopic (exact) mass is 319 g/mol. The van der Waals surface area contributed by atoms with E-state index < -0.39 is 0 Å². The maximum atomic E-state index is 5.89. The average molecular weight is 320 g/mol. The summed E-state index contributed by atoms with van der Waals surface area (Å²) >= 11 is 3.54. The van der Waals surface area contributed by atoms with Gasteiger partial charge in [-0.25, -0.2) is 0 Å². The molecule has 0 aliphatic rings. The number of halogens is 1. The second-order valence-electron chi connectivity index (χ2n) is 4.76. The number of nitrogen functional groups attached to an aromatic ring is 1. The first-order valence-corrected chi connectivity index (χ1v) is 6.99. The number of aromatic nitrogens is 1. The van der Waals surface area contributed by atoms with Crippen LogP contribution in [0.5, 0.6) is 0 Å². The molecule has 1 aromatic heterocycles. The number of benzene rings is 1. The molecule has 2 N–H and O–H groups in total. The van der Waals surface area contributed by atoms with Crippen LogP contribution >= 0.6 is 15.9 Å². The zero-order valence-electron chi connectivity index (χ0n) is 11.2. The molecule has 0 amide bonds. The Kier molecular flexibility index (Phi) is 4.56. The summed E-state index contributed by atoms with van der Waals surface area (Å²) < 4.78 is 0.985. The zero-order valence-corrected chi connectivity index (χ0v) is 12.8. The maximum absolute atomic E-state index is 5.89. The second-order valence-corrected chi connectivity index (χ2v) is 5.56. The van der Waals surface area contributed by atoms with Crippen molar-refractivity contribution in [3.05, 3.63) is 57.8 Å². The van der Waals surface area contributed by atoms with Gasteiger partial charge in [0.15, 0.2) is 0 Å². The van der Waals surface area contributed by atoms with Gasteiger partial charge in [-0.15, -0.1) is 0 Å². The number of nitrogens with two attached hydrogens (primary N) is 1. The van der Waals surface area contributed by atoms with E-state index in [4.69, 9.17) is 5.73 Å². The summed E-state index contributed by atoms with van der Waals surface area (Å²) in [6.45, 7) is 3.67. The lowest BCUT2D eigenvalue weighted by Gasteiger charge is -2.18. The molecule has 0 unspecified atom stereocenters. The molecule has 3 nitrogen and oxygen atoms in total. The number of anilines is 1. The van der Waals surface area contributed by atoms with E-state index >= 15 is 0 Å². The normalized spacial score (nSPS) is 10.9. The van der Waals surface area contributed by atoms with E-state index in [1.54, 1.807) is 0 Å². The molecule has 1 aromatic carbocycles. The Bertz CT molecular complexity index is 569. The van der Waals surface area contributed by atoms with E-state index in [0.29, 0.717) is 0 Å². The molecule has 0 radical (unpaired) electrons. The quantitative estimate of drug-likeness (QED) is 0.878. The van der Waals surface area contributed by atoms with Crippen LogP contribution in [0.1, 0.15) is 17.0 Å². The van der Waals surface area contributed by atoms with Gasteiger partial charge in [-0.05, 0) is 53.7 Å². The number of pyridine rings is 1. The SMILES string of the molecule is Cc1cccc(CN(C)Cc2cccc(N)c2Br)n1. The Morgan fingerprint density at radius 2 is 1.89 bits per heavy atom. The molecule has 4 heteroatoms. The molecular weight excluding hydrogens is 302 g/mol. The Hall–Kier alpha value is -1.39. The minimum absolute atomic E-state index is 0.777. The molecule has 19 heavy (non-hydrogen) atoms. The fraction of sp³-hybridized carbons (Fsp3) is 0.267. The molecule has 0 bridgehead atoms. The minimum Gasteiger partial charge on any atom is -0.398 e. The number of rotatable bonds is 4. The lowest BCUT2D eigenvalue weighted by Crippen LogP contribution is -2.18. The first-order valence-electron chi connectivity index (χ1n) is 6.20. The summed E-state index contributed by atoms with van der Waals surface area (Å²) in [6.07, 6.45) is 0. The first kappa shape index (κ1) is 14.0. The van der Waals surface area contributed by atoms with Gasteiger partial charge >= 0.3 is 0 Å². The number of hydrogen-bond donors (Lipinski definition) is 1. The third-order valence-corrected chi connectivity index (χ3v) is 3.89. The van der Waals surface area contributed by atoms with Gasteiger partial charge in [0.1, 0.15) is 0 Å². The minimum atomic E-state index is 0.777. The predicted molar refractivity (Wildman–Crippen MR) is 82.7 cm³/mol. The van der Waals surface area contributed by atoms with E-state index in [2.05, 4.69) is 45.0 Å². The van der Waals surface area contributed by atoms with Crippen molar-refractivity contribution in [2.45, 2.75) is 20.0 Å². The van der Waals surface area contributed by atoms with Gasteiger partial charge in [-0.3, -0.25) is 9.88 Å². The molecule has 2 aromatic rings. The molecule has 0 aliphatic carbocycles. The molecular formula is C15H18BrN3. The number of hydrogen-bond acceptors (Lipinski definition) is 3. The number of aryl methyl sites for hydroxylation is 1. The van der Waals surface area contributed by atoms with E-state index in [-0.39, 0.29) is 0 Å². The molecule has 0 saturated heterocycles. The van der Waals surface area contributed by atoms with E-state index in [9.17, 15) is 0 Å². The van der Waals surface area contributed by atoms with Gasteiger partial charge < -0.3 is 5.73 Å². The standard InChI is InChI=1S/C15H18BrN3/c1-11-5-3-7-13(18-11)10-19(2)9-12-6-4-8-14(17)15(12)16/h3-8H,9-10,17H2,1-2H3. The smallest absolute Gasteiger partial charge is 0.0547 e. The van der Waals surface area contributed by atoms with Crippen molar-refractivity contribution in [3.63, 3.8) is 0 Å². The van der Waals surface area contributed by atoms with Crippen molar-refractivity contribution in [2.24, 2.45) is 0 Å². The van der Waals surface area contributed by atoms with Gasteiger partial charge in [0.05, 0.1) is 5.69 Å². The van der Waals surface area contributed by atoms with Crippen molar-refractivity contribution in [1.29, 1.82) is 0 Å². The van der Waals surface area contributed by atoms with Gasteiger partial charge in [0.2, 0.25) is 0 Å². The van der Waals surface area contributed by atoms with Gasteiger partial charge in [-0.1, -0.05) is 18.2 Å². The third kappa shape index (κ3) is 3.78. The highest BCUT2D eigenvalue weighted by Crippen LogP contribution is 2.24. The Labute approximate surface area is 122 Å². The fourth-order valence-electron chi connectivity index (χ4n) is 2.03. The van der Waals surface area contributed by atoms with Crippen LogP contribution in [0.25, 0.3) is 0 Å². The Balaban J connectivity index is 2.05. The van der Waals surface area contributed by atoms with Crippen LogP contribution in [-0.2, 0) is 13.1 Å². The van der Waals surface area contributed by atoms with Crippen LogP contribution in [0.2, 0.25) is 0 Å². The molecule has 0 spiro atoms. The predicted octanol–water partition coefficient (Wildman–Crippen LogP) is 3.37. The van der Waals surface area contributed by atoms with E-state index in [0.717, 1.165) is 34.6 Å². The van der Waals surface area contributed by atoms with Crippen LogP contribution in [-0.4, -0.2) is 16.9 Å². The first-order chi connectivity index (χ1) is 9.06. The fourth-order valence-corrected chi connectivity index (χ4v) is 2.42. The van der Waals surface area contributed by atoms with Gasteiger partial charge in [0.25, 0.3) is 0 Å². The van der Waals surface area contributed by atoms with Crippen molar-refractivity contribution in [2.75, 3.05) is 12.8 Å². The van der Waals surface area contributed by atoms with Crippen molar-refractivity contribution in [3.8, 4) is 0 Å².